The first-order valence-electron chi connectivity index (χ1n) is 6.01. The van der Waals surface area contributed by atoms with Crippen molar-refractivity contribution in [2.24, 2.45) is 5.73 Å². The molecule has 2 aromatic carbocycles. The van der Waals surface area contributed by atoms with Gasteiger partial charge in [0, 0.05) is 30.5 Å². The van der Waals surface area contributed by atoms with E-state index in [4.69, 9.17) is 11.5 Å². The quantitative estimate of drug-likeness (QED) is 0.821. The molecule has 0 atom stereocenters. The number of nitrogens with zero attached hydrogens (tertiary/aromatic N) is 1. The van der Waals surface area contributed by atoms with Crippen molar-refractivity contribution in [2.75, 3.05) is 17.7 Å². The van der Waals surface area contributed by atoms with Crippen molar-refractivity contribution < 1.29 is 4.79 Å². The Morgan fingerprint density at radius 1 is 1.16 bits per heavy atom. The fourth-order valence-corrected chi connectivity index (χ4v) is 1.92. The van der Waals surface area contributed by atoms with E-state index >= 15 is 0 Å². The molecule has 0 spiro atoms. The Bertz CT molecular complexity index is 578. The Morgan fingerprint density at radius 3 is 2.47 bits per heavy atom. The zero-order valence-electron chi connectivity index (χ0n) is 10.8. The van der Waals surface area contributed by atoms with Crippen LogP contribution >= 0.6 is 0 Å². The van der Waals surface area contributed by atoms with Gasteiger partial charge in [-0.3, -0.25) is 4.79 Å². The number of hydrogen-bond acceptors (Lipinski definition) is 3. The Balaban J connectivity index is 2.14. The van der Waals surface area contributed by atoms with Crippen LogP contribution in [0.1, 0.15) is 15.9 Å². The maximum atomic E-state index is 11.1. The molecule has 2 rings (SSSR count). The van der Waals surface area contributed by atoms with E-state index in [2.05, 4.69) is 4.90 Å². The van der Waals surface area contributed by atoms with E-state index in [1.54, 1.807) is 6.07 Å². The molecule has 0 unspecified atom stereocenters. The summed E-state index contributed by atoms with van der Waals surface area (Å²) in [5.74, 6) is -0.406. The molecule has 0 saturated heterocycles. The smallest absolute Gasteiger partial charge is 0.248 e. The number of amides is 1. The zero-order chi connectivity index (χ0) is 13.8. The molecule has 4 nitrogen and oxygen atoms in total. The average molecular weight is 255 g/mol. The molecule has 0 heterocycles. The van der Waals surface area contributed by atoms with E-state index in [0.29, 0.717) is 12.1 Å². The lowest BCUT2D eigenvalue weighted by Gasteiger charge is -2.19. The van der Waals surface area contributed by atoms with Gasteiger partial charge in [0.1, 0.15) is 0 Å². The summed E-state index contributed by atoms with van der Waals surface area (Å²) in [5, 5.41) is 0. The number of primary amides is 1. The number of carbonyl (C=O) groups is 1. The lowest BCUT2D eigenvalue weighted by atomic mass is 10.1. The summed E-state index contributed by atoms with van der Waals surface area (Å²) < 4.78 is 0. The molecule has 4 N–H and O–H groups in total. The fourth-order valence-electron chi connectivity index (χ4n) is 1.92. The minimum atomic E-state index is -0.406. The molecule has 1 amide bonds. The standard InChI is InChI=1S/C15H17N3O/c1-18(14-7-5-13(16)6-8-14)10-11-3-2-4-12(9-11)15(17)19/h2-9H,10,16H2,1H3,(H2,17,19). The molecule has 0 aliphatic heterocycles. The number of carbonyl (C=O) groups excluding carboxylic acids is 1. The van der Waals surface area contributed by atoms with Crippen LogP contribution < -0.4 is 16.4 Å². The number of nitrogen functional groups attached to an aromatic ring is 1. The molecular weight excluding hydrogens is 238 g/mol. The predicted molar refractivity (Wildman–Crippen MR) is 77.9 cm³/mol. The van der Waals surface area contributed by atoms with Crippen molar-refractivity contribution in [3.63, 3.8) is 0 Å². The van der Waals surface area contributed by atoms with Gasteiger partial charge >= 0.3 is 0 Å². The van der Waals surface area contributed by atoms with Gasteiger partial charge in [-0.15, -0.1) is 0 Å². The largest absolute Gasteiger partial charge is 0.399 e. The number of rotatable bonds is 4. The van der Waals surface area contributed by atoms with Crippen molar-refractivity contribution in [2.45, 2.75) is 6.54 Å². The van der Waals surface area contributed by atoms with Crippen LogP contribution in [0.25, 0.3) is 0 Å². The molecule has 0 radical (unpaired) electrons. The Kier molecular flexibility index (Phi) is 3.71. The van der Waals surface area contributed by atoms with E-state index in [1.807, 2.05) is 49.5 Å². The van der Waals surface area contributed by atoms with Crippen molar-refractivity contribution in [3.8, 4) is 0 Å². The fraction of sp³-hybridized carbons (Fsp3) is 0.133. The lowest BCUT2D eigenvalue weighted by Crippen LogP contribution is -2.17. The molecule has 0 aliphatic rings. The highest BCUT2D eigenvalue weighted by Crippen LogP contribution is 2.17. The van der Waals surface area contributed by atoms with Crippen LogP contribution in [0, 0.1) is 0 Å². The maximum Gasteiger partial charge on any atom is 0.248 e. The second-order valence-corrected chi connectivity index (χ2v) is 4.51. The number of nitrogens with two attached hydrogens (primary N) is 2. The number of benzene rings is 2. The minimum Gasteiger partial charge on any atom is -0.399 e. The van der Waals surface area contributed by atoms with Gasteiger partial charge in [-0.25, -0.2) is 0 Å². The molecule has 0 aliphatic carbocycles. The highest BCUT2D eigenvalue weighted by Gasteiger charge is 2.05. The van der Waals surface area contributed by atoms with E-state index < -0.39 is 5.91 Å². The maximum absolute atomic E-state index is 11.1. The molecule has 98 valence electrons. The van der Waals surface area contributed by atoms with Crippen molar-refractivity contribution in [1.82, 2.24) is 0 Å². The van der Waals surface area contributed by atoms with Gasteiger partial charge in [-0.2, -0.15) is 0 Å². The van der Waals surface area contributed by atoms with E-state index in [1.165, 1.54) is 0 Å². The third kappa shape index (κ3) is 3.25. The predicted octanol–water partition coefficient (Wildman–Crippen LogP) is 2.00. The first kappa shape index (κ1) is 13.0. The normalized spacial score (nSPS) is 10.2. The van der Waals surface area contributed by atoms with Crippen molar-refractivity contribution >= 4 is 17.3 Å². The number of anilines is 2. The summed E-state index contributed by atoms with van der Waals surface area (Å²) in [5.41, 5.74) is 14.3. The molecular formula is C15H17N3O. The van der Waals surface area contributed by atoms with Crippen molar-refractivity contribution in [1.29, 1.82) is 0 Å². The lowest BCUT2D eigenvalue weighted by molar-refractivity contribution is 0.1000. The Labute approximate surface area is 112 Å². The first-order valence-corrected chi connectivity index (χ1v) is 6.01. The monoisotopic (exact) mass is 255 g/mol. The number of hydrogen-bond donors (Lipinski definition) is 2. The van der Waals surface area contributed by atoms with Crippen LogP contribution in [0.15, 0.2) is 48.5 Å². The minimum absolute atomic E-state index is 0.406. The Hall–Kier alpha value is -2.49. The van der Waals surface area contributed by atoms with Gasteiger partial charge in [0.25, 0.3) is 0 Å². The summed E-state index contributed by atoms with van der Waals surface area (Å²) >= 11 is 0. The highest BCUT2D eigenvalue weighted by molar-refractivity contribution is 5.92. The Morgan fingerprint density at radius 2 is 1.84 bits per heavy atom. The van der Waals surface area contributed by atoms with Crippen LogP contribution in [-0.4, -0.2) is 13.0 Å². The van der Waals surface area contributed by atoms with Gasteiger partial charge in [0.15, 0.2) is 0 Å². The molecule has 0 bridgehead atoms. The zero-order valence-corrected chi connectivity index (χ0v) is 10.8. The molecule has 2 aromatic rings. The van der Waals surface area contributed by atoms with Crippen LogP contribution in [-0.2, 0) is 6.54 Å². The SMILES string of the molecule is CN(Cc1cccc(C(N)=O)c1)c1ccc(N)cc1. The average Bonchev–Trinajstić information content (AvgIpc) is 2.39. The summed E-state index contributed by atoms with van der Waals surface area (Å²) in [6.07, 6.45) is 0. The molecule has 19 heavy (non-hydrogen) atoms. The summed E-state index contributed by atoms with van der Waals surface area (Å²) in [6, 6.07) is 15.0. The van der Waals surface area contributed by atoms with Gasteiger partial charge in [0.05, 0.1) is 0 Å². The van der Waals surface area contributed by atoms with Gasteiger partial charge < -0.3 is 16.4 Å². The summed E-state index contributed by atoms with van der Waals surface area (Å²) in [6.45, 7) is 0.699. The van der Waals surface area contributed by atoms with Gasteiger partial charge in [-0.05, 0) is 42.0 Å². The van der Waals surface area contributed by atoms with Crippen LogP contribution in [0.2, 0.25) is 0 Å². The van der Waals surface area contributed by atoms with Gasteiger partial charge in [-0.1, -0.05) is 12.1 Å². The van der Waals surface area contributed by atoms with Crippen LogP contribution in [0.4, 0.5) is 11.4 Å². The van der Waals surface area contributed by atoms with Crippen molar-refractivity contribution in [3.05, 3.63) is 59.7 Å². The van der Waals surface area contributed by atoms with E-state index in [0.717, 1.165) is 16.9 Å². The van der Waals surface area contributed by atoms with E-state index in [-0.39, 0.29) is 0 Å². The van der Waals surface area contributed by atoms with E-state index in [9.17, 15) is 4.79 Å². The van der Waals surface area contributed by atoms with Crippen LogP contribution in [0.3, 0.4) is 0 Å². The summed E-state index contributed by atoms with van der Waals surface area (Å²) in [7, 11) is 1.99. The molecule has 4 heteroatoms. The molecule has 0 saturated carbocycles. The third-order valence-corrected chi connectivity index (χ3v) is 2.97. The second-order valence-electron chi connectivity index (χ2n) is 4.51. The second kappa shape index (κ2) is 5.44. The third-order valence-electron chi connectivity index (χ3n) is 2.97. The highest BCUT2D eigenvalue weighted by atomic mass is 16.1. The topological polar surface area (TPSA) is 72.3 Å². The first-order chi connectivity index (χ1) is 9.06. The molecule has 0 aromatic heterocycles. The van der Waals surface area contributed by atoms with Crippen LogP contribution in [0.5, 0.6) is 0 Å². The summed E-state index contributed by atoms with van der Waals surface area (Å²) in [4.78, 5) is 13.2. The molecule has 0 fully saturated rings. The van der Waals surface area contributed by atoms with Gasteiger partial charge in [0.2, 0.25) is 5.91 Å².